The van der Waals surface area contributed by atoms with E-state index in [0.717, 1.165) is 36.3 Å². The predicted molar refractivity (Wildman–Crippen MR) is 107 cm³/mol. The number of fused-ring (bicyclic) bond motifs is 2. The van der Waals surface area contributed by atoms with E-state index in [1.165, 1.54) is 25.3 Å². The third-order valence-corrected chi connectivity index (χ3v) is 6.19. The van der Waals surface area contributed by atoms with Crippen molar-refractivity contribution in [3.63, 3.8) is 0 Å². The van der Waals surface area contributed by atoms with E-state index in [9.17, 15) is 4.79 Å². The van der Waals surface area contributed by atoms with Crippen LogP contribution < -0.4 is 10.7 Å². The summed E-state index contributed by atoms with van der Waals surface area (Å²) in [5, 5.41) is 3.69. The predicted octanol–water partition coefficient (Wildman–Crippen LogP) is 3.62. The Hall–Kier alpha value is -2.53. The molecule has 5 rings (SSSR count). The van der Waals surface area contributed by atoms with Gasteiger partial charge in [-0.05, 0) is 44.6 Å². The molecule has 3 atom stereocenters. The molecule has 3 heterocycles. The molecule has 138 valence electrons. The van der Waals surface area contributed by atoms with E-state index < -0.39 is 0 Å². The normalized spacial score (nSPS) is 25.3. The summed E-state index contributed by atoms with van der Waals surface area (Å²) in [5.41, 5.74) is 3.93. The molecular weight excluding hydrogens is 336 g/mol. The highest BCUT2D eigenvalue weighted by Crippen LogP contribution is 2.41. The van der Waals surface area contributed by atoms with Crippen molar-refractivity contribution < 1.29 is 0 Å². The summed E-state index contributed by atoms with van der Waals surface area (Å²) in [6.07, 6.45) is 7.58. The zero-order valence-corrected chi connectivity index (χ0v) is 15.3. The summed E-state index contributed by atoms with van der Waals surface area (Å²) < 4.78 is 0. The van der Waals surface area contributed by atoms with Gasteiger partial charge in [0.05, 0.1) is 11.4 Å². The SMILES string of the molecule is O=c1cc[nH]c2nc(-c3ccccc3)c(C3CCC4NCCCC4C3)nc12. The Balaban J connectivity index is 1.63. The lowest BCUT2D eigenvalue weighted by Crippen LogP contribution is -2.44. The molecule has 1 saturated heterocycles. The minimum Gasteiger partial charge on any atom is -0.345 e. The van der Waals surface area contributed by atoms with E-state index in [1.807, 2.05) is 18.2 Å². The van der Waals surface area contributed by atoms with Crippen molar-refractivity contribution in [2.75, 3.05) is 6.54 Å². The van der Waals surface area contributed by atoms with Crippen molar-refractivity contribution in [1.29, 1.82) is 0 Å². The highest BCUT2D eigenvalue weighted by molar-refractivity contribution is 5.75. The molecule has 3 unspecified atom stereocenters. The number of nitrogens with zero attached hydrogens (tertiary/aromatic N) is 2. The number of benzene rings is 1. The van der Waals surface area contributed by atoms with Crippen LogP contribution in [0.3, 0.4) is 0 Å². The molecule has 5 nitrogen and oxygen atoms in total. The maximum absolute atomic E-state index is 12.4. The smallest absolute Gasteiger partial charge is 0.209 e. The van der Waals surface area contributed by atoms with Crippen molar-refractivity contribution in [2.45, 2.75) is 44.1 Å². The lowest BCUT2D eigenvalue weighted by molar-refractivity contribution is 0.193. The van der Waals surface area contributed by atoms with Gasteiger partial charge in [0.2, 0.25) is 5.43 Å². The van der Waals surface area contributed by atoms with Gasteiger partial charge >= 0.3 is 0 Å². The number of H-pyrrole nitrogens is 1. The topological polar surface area (TPSA) is 70.7 Å². The van der Waals surface area contributed by atoms with Gasteiger partial charge < -0.3 is 10.3 Å². The Labute approximate surface area is 158 Å². The number of hydrogen-bond acceptors (Lipinski definition) is 4. The minimum atomic E-state index is -0.0647. The second kappa shape index (κ2) is 6.89. The molecule has 2 aliphatic rings. The van der Waals surface area contributed by atoms with Crippen molar-refractivity contribution in [1.82, 2.24) is 20.3 Å². The molecule has 2 aromatic heterocycles. The Morgan fingerprint density at radius 1 is 1.00 bits per heavy atom. The van der Waals surface area contributed by atoms with Gasteiger partial charge in [0.15, 0.2) is 11.2 Å². The number of piperidine rings is 1. The maximum Gasteiger partial charge on any atom is 0.209 e. The zero-order valence-electron chi connectivity index (χ0n) is 15.3. The van der Waals surface area contributed by atoms with E-state index in [1.54, 1.807) is 6.20 Å². The summed E-state index contributed by atoms with van der Waals surface area (Å²) in [4.78, 5) is 25.2. The van der Waals surface area contributed by atoms with Crippen LogP contribution in [0.25, 0.3) is 22.4 Å². The van der Waals surface area contributed by atoms with Gasteiger partial charge in [0.1, 0.15) is 0 Å². The van der Waals surface area contributed by atoms with Gasteiger partial charge in [-0.25, -0.2) is 9.97 Å². The monoisotopic (exact) mass is 360 g/mol. The van der Waals surface area contributed by atoms with Crippen LogP contribution in [-0.2, 0) is 0 Å². The second-order valence-electron chi connectivity index (χ2n) is 7.84. The highest BCUT2D eigenvalue weighted by Gasteiger charge is 2.34. The summed E-state index contributed by atoms with van der Waals surface area (Å²) >= 11 is 0. The van der Waals surface area contributed by atoms with E-state index in [2.05, 4.69) is 22.4 Å². The second-order valence-corrected chi connectivity index (χ2v) is 7.84. The molecule has 2 N–H and O–H groups in total. The fourth-order valence-electron chi connectivity index (χ4n) is 4.84. The molecule has 0 radical (unpaired) electrons. The molecular formula is C22H24N4O. The molecule has 0 amide bonds. The van der Waals surface area contributed by atoms with E-state index >= 15 is 0 Å². The fourth-order valence-corrected chi connectivity index (χ4v) is 4.84. The van der Waals surface area contributed by atoms with E-state index in [4.69, 9.17) is 9.97 Å². The van der Waals surface area contributed by atoms with Crippen LogP contribution in [-0.4, -0.2) is 27.5 Å². The van der Waals surface area contributed by atoms with Crippen LogP contribution in [0, 0.1) is 5.92 Å². The molecule has 27 heavy (non-hydrogen) atoms. The number of aromatic nitrogens is 3. The average molecular weight is 360 g/mol. The maximum atomic E-state index is 12.4. The highest BCUT2D eigenvalue weighted by atomic mass is 16.1. The molecule has 1 saturated carbocycles. The molecule has 1 aliphatic heterocycles. The van der Waals surface area contributed by atoms with Crippen molar-refractivity contribution >= 4 is 11.2 Å². The number of pyridine rings is 1. The van der Waals surface area contributed by atoms with Crippen LogP contribution in [0.4, 0.5) is 0 Å². The molecule has 1 aromatic carbocycles. The first-order valence-corrected chi connectivity index (χ1v) is 9.98. The van der Waals surface area contributed by atoms with E-state index in [-0.39, 0.29) is 5.43 Å². The average Bonchev–Trinajstić information content (AvgIpc) is 2.73. The lowest BCUT2D eigenvalue weighted by atomic mass is 9.73. The molecule has 0 bridgehead atoms. The first kappa shape index (κ1) is 16.6. The molecule has 0 spiro atoms. The first-order chi connectivity index (χ1) is 13.3. The molecule has 3 aromatic rings. The number of hydrogen-bond donors (Lipinski definition) is 2. The molecule has 1 aliphatic carbocycles. The van der Waals surface area contributed by atoms with Crippen molar-refractivity contribution in [3.8, 4) is 11.3 Å². The van der Waals surface area contributed by atoms with Crippen LogP contribution in [0.2, 0.25) is 0 Å². The summed E-state index contributed by atoms with van der Waals surface area (Å²) in [6.45, 7) is 1.15. The molecule has 5 heteroatoms. The van der Waals surface area contributed by atoms with E-state index in [0.29, 0.717) is 29.0 Å². The molecule has 2 fully saturated rings. The van der Waals surface area contributed by atoms with Gasteiger partial charge in [0.25, 0.3) is 0 Å². The van der Waals surface area contributed by atoms with Crippen molar-refractivity contribution in [3.05, 3.63) is 58.5 Å². The first-order valence-electron chi connectivity index (χ1n) is 9.98. The van der Waals surface area contributed by atoms with Crippen molar-refractivity contribution in [2.24, 2.45) is 5.92 Å². The van der Waals surface area contributed by atoms with Crippen LogP contribution >= 0.6 is 0 Å². The largest absolute Gasteiger partial charge is 0.345 e. The zero-order chi connectivity index (χ0) is 18.2. The standard InChI is InChI=1S/C22H24N4O/c27-18-10-12-24-22-21(18)25-20(19(26-22)14-5-2-1-3-6-14)16-8-9-17-15(13-16)7-4-11-23-17/h1-3,5-6,10,12,15-17,23H,4,7-9,11,13H2,(H,24,26,27). The van der Waals surface area contributed by atoms with Crippen LogP contribution in [0.1, 0.15) is 43.7 Å². The summed E-state index contributed by atoms with van der Waals surface area (Å²) in [6, 6.07) is 12.4. The van der Waals surface area contributed by atoms with Gasteiger partial charge in [0, 0.05) is 29.8 Å². The Morgan fingerprint density at radius 2 is 1.89 bits per heavy atom. The Morgan fingerprint density at radius 3 is 2.78 bits per heavy atom. The Bertz CT molecular complexity index is 1010. The number of aromatic amines is 1. The third-order valence-electron chi connectivity index (χ3n) is 6.19. The minimum absolute atomic E-state index is 0.0647. The third kappa shape index (κ3) is 3.06. The lowest BCUT2D eigenvalue weighted by Gasteiger charge is -2.40. The van der Waals surface area contributed by atoms with Gasteiger partial charge in [-0.1, -0.05) is 30.3 Å². The van der Waals surface area contributed by atoms with Gasteiger partial charge in [-0.3, -0.25) is 4.79 Å². The van der Waals surface area contributed by atoms with Gasteiger partial charge in [-0.15, -0.1) is 0 Å². The summed E-state index contributed by atoms with van der Waals surface area (Å²) in [5.74, 6) is 1.06. The summed E-state index contributed by atoms with van der Waals surface area (Å²) in [7, 11) is 0. The van der Waals surface area contributed by atoms with Crippen LogP contribution in [0.5, 0.6) is 0 Å². The fraction of sp³-hybridized carbons (Fsp3) is 0.409. The Kier molecular flexibility index (Phi) is 4.24. The quantitative estimate of drug-likeness (QED) is 0.732. The van der Waals surface area contributed by atoms with Gasteiger partial charge in [-0.2, -0.15) is 0 Å². The number of rotatable bonds is 2. The van der Waals surface area contributed by atoms with Crippen LogP contribution in [0.15, 0.2) is 47.4 Å². The number of nitrogens with one attached hydrogen (secondary N) is 2.